The Labute approximate surface area is 133 Å². The molecule has 0 aliphatic carbocycles. The fraction of sp³-hybridized carbons (Fsp3) is 0.167. The predicted molar refractivity (Wildman–Crippen MR) is 90.2 cm³/mol. The van der Waals surface area contributed by atoms with Crippen LogP contribution in [0.2, 0.25) is 0 Å². The highest BCUT2D eigenvalue weighted by atomic mass is 32.2. The highest BCUT2D eigenvalue weighted by Gasteiger charge is 2.04. The summed E-state index contributed by atoms with van der Waals surface area (Å²) < 4.78 is 12.1. The Kier molecular flexibility index (Phi) is 6.10. The molecule has 0 spiro atoms. The standard InChI is InChI=1S/C18H19NO2S/c1-15(14-18(20)16-8-4-2-5-9-16)19-12-13-22(21)17-10-6-3-7-11-17/h2-11,14,19H,12-13H2,1H3/b15-14-. The van der Waals surface area contributed by atoms with E-state index < -0.39 is 10.8 Å². The number of rotatable bonds is 7. The van der Waals surface area contributed by atoms with E-state index in [4.69, 9.17) is 0 Å². The second-order valence-corrected chi connectivity index (χ2v) is 6.42. The van der Waals surface area contributed by atoms with Gasteiger partial charge in [-0.05, 0) is 19.1 Å². The molecule has 1 unspecified atom stereocenters. The monoisotopic (exact) mass is 313 g/mol. The van der Waals surface area contributed by atoms with Crippen LogP contribution in [0.3, 0.4) is 0 Å². The van der Waals surface area contributed by atoms with Gasteiger partial charge in [-0.2, -0.15) is 0 Å². The highest BCUT2D eigenvalue weighted by molar-refractivity contribution is 7.85. The average Bonchev–Trinajstić information content (AvgIpc) is 2.56. The van der Waals surface area contributed by atoms with Crippen molar-refractivity contribution in [3.8, 4) is 0 Å². The summed E-state index contributed by atoms with van der Waals surface area (Å²) in [7, 11) is -1.02. The Hall–Kier alpha value is -2.20. The van der Waals surface area contributed by atoms with E-state index in [1.54, 1.807) is 18.2 Å². The van der Waals surface area contributed by atoms with Gasteiger partial charge in [0.05, 0.1) is 10.8 Å². The van der Waals surface area contributed by atoms with Crippen LogP contribution in [0.1, 0.15) is 17.3 Å². The van der Waals surface area contributed by atoms with Gasteiger partial charge in [0, 0.05) is 34.5 Å². The number of ketones is 1. The first-order valence-corrected chi connectivity index (χ1v) is 8.43. The molecule has 0 aromatic heterocycles. The van der Waals surface area contributed by atoms with Crippen molar-refractivity contribution >= 4 is 16.6 Å². The van der Waals surface area contributed by atoms with E-state index in [2.05, 4.69) is 5.32 Å². The van der Waals surface area contributed by atoms with Crippen LogP contribution in [0, 0.1) is 0 Å². The number of nitrogens with one attached hydrogen (secondary N) is 1. The summed E-state index contributed by atoms with van der Waals surface area (Å²) in [5, 5.41) is 3.13. The maximum absolute atomic E-state index is 12.1. The van der Waals surface area contributed by atoms with Crippen LogP contribution in [-0.4, -0.2) is 22.3 Å². The zero-order chi connectivity index (χ0) is 15.8. The summed E-state index contributed by atoms with van der Waals surface area (Å²) >= 11 is 0. The van der Waals surface area contributed by atoms with Crippen molar-refractivity contribution in [3.63, 3.8) is 0 Å². The molecule has 22 heavy (non-hydrogen) atoms. The largest absolute Gasteiger partial charge is 0.388 e. The van der Waals surface area contributed by atoms with E-state index in [0.717, 1.165) is 10.6 Å². The minimum atomic E-state index is -1.02. The van der Waals surface area contributed by atoms with Gasteiger partial charge in [0.1, 0.15) is 0 Å². The van der Waals surface area contributed by atoms with Crippen LogP contribution in [0.25, 0.3) is 0 Å². The molecule has 1 atom stereocenters. The van der Waals surface area contributed by atoms with E-state index in [0.29, 0.717) is 17.9 Å². The van der Waals surface area contributed by atoms with Crippen LogP contribution in [0.15, 0.2) is 77.3 Å². The number of hydrogen-bond donors (Lipinski definition) is 1. The predicted octanol–water partition coefficient (Wildman–Crippen LogP) is 3.17. The molecule has 3 nitrogen and oxygen atoms in total. The summed E-state index contributed by atoms with van der Waals surface area (Å²) in [5.74, 6) is 0.476. The lowest BCUT2D eigenvalue weighted by molar-refractivity contribution is 0.104. The summed E-state index contributed by atoms with van der Waals surface area (Å²) in [6.07, 6.45) is 1.57. The number of carbonyl (C=O) groups excluding carboxylic acids is 1. The van der Waals surface area contributed by atoms with Crippen molar-refractivity contribution in [2.24, 2.45) is 0 Å². The smallest absolute Gasteiger partial charge is 0.187 e. The molecule has 0 amide bonds. The molecule has 0 saturated heterocycles. The minimum Gasteiger partial charge on any atom is -0.388 e. The maximum atomic E-state index is 12.1. The molecule has 0 bridgehead atoms. The van der Waals surface area contributed by atoms with Crippen molar-refractivity contribution in [1.29, 1.82) is 0 Å². The van der Waals surface area contributed by atoms with Crippen molar-refractivity contribution in [1.82, 2.24) is 5.32 Å². The number of benzene rings is 2. The average molecular weight is 313 g/mol. The maximum Gasteiger partial charge on any atom is 0.187 e. The lowest BCUT2D eigenvalue weighted by atomic mass is 10.1. The first-order chi connectivity index (χ1) is 10.7. The lowest BCUT2D eigenvalue weighted by Gasteiger charge is -2.06. The molecule has 1 N–H and O–H groups in total. The van der Waals surface area contributed by atoms with Gasteiger partial charge in [0.2, 0.25) is 0 Å². The topological polar surface area (TPSA) is 46.2 Å². The SMILES string of the molecule is C/C(=C/C(=O)c1ccccc1)NCCS(=O)c1ccccc1. The van der Waals surface area contributed by atoms with Gasteiger partial charge >= 0.3 is 0 Å². The molecule has 0 radical (unpaired) electrons. The van der Waals surface area contributed by atoms with Crippen LogP contribution in [-0.2, 0) is 10.8 Å². The summed E-state index contributed by atoms with van der Waals surface area (Å²) in [5.41, 5.74) is 1.44. The van der Waals surface area contributed by atoms with Crippen molar-refractivity contribution in [2.75, 3.05) is 12.3 Å². The molecule has 2 aromatic carbocycles. The van der Waals surface area contributed by atoms with E-state index in [1.807, 2.05) is 55.5 Å². The number of allylic oxidation sites excluding steroid dienone is 2. The second-order valence-electron chi connectivity index (χ2n) is 4.85. The van der Waals surface area contributed by atoms with Gasteiger partial charge in [-0.3, -0.25) is 9.00 Å². The third-order valence-corrected chi connectivity index (χ3v) is 4.48. The van der Waals surface area contributed by atoms with Crippen molar-refractivity contribution in [2.45, 2.75) is 11.8 Å². The fourth-order valence-electron chi connectivity index (χ4n) is 1.96. The van der Waals surface area contributed by atoms with Crippen molar-refractivity contribution < 1.29 is 9.00 Å². The van der Waals surface area contributed by atoms with Crippen LogP contribution >= 0.6 is 0 Å². The molecule has 2 rings (SSSR count). The zero-order valence-corrected chi connectivity index (χ0v) is 13.3. The molecule has 4 heteroatoms. The second kappa shape index (κ2) is 8.29. The third kappa shape index (κ3) is 4.97. The molecular formula is C18H19NO2S. The number of hydrogen-bond acceptors (Lipinski definition) is 3. The number of carbonyl (C=O) groups is 1. The van der Waals surface area contributed by atoms with Crippen LogP contribution < -0.4 is 5.32 Å². The molecular weight excluding hydrogens is 294 g/mol. The normalized spacial score (nSPS) is 12.7. The molecule has 0 fully saturated rings. The Morgan fingerprint density at radius 3 is 2.27 bits per heavy atom. The fourth-order valence-corrected chi connectivity index (χ4v) is 2.95. The molecule has 0 aliphatic heterocycles. The first kappa shape index (κ1) is 16.2. The molecule has 0 aliphatic rings. The minimum absolute atomic E-state index is 0.0326. The van der Waals surface area contributed by atoms with Gasteiger partial charge in [-0.25, -0.2) is 0 Å². The van der Waals surface area contributed by atoms with E-state index in [-0.39, 0.29) is 5.78 Å². The van der Waals surface area contributed by atoms with Crippen LogP contribution in [0.4, 0.5) is 0 Å². The summed E-state index contributed by atoms with van der Waals surface area (Å²) in [6.45, 7) is 2.40. The van der Waals surface area contributed by atoms with Crippen molar-refractivity contribution in [3.05, 3.63) is 78.0 Å². The summed E-state index contributed by atoms with van der Waals surface area (Å²) in [6, 6.07) is 18.5. The lowest BCUT2D eigenvalue weighted by Crippen LogP contribution is -2.19. The van der Waals surface area contributed by atoms with Gasteiger partial charge in [-0.15, -0.1) is 0 Å². The Morgan fingerprint density at radius 1 is 1.05 bits per heavy atom. The molecule has 0 saturated carbocycles. The van der Waals surface area contributed by atoms with Crippen LogP contribution in [0.5, 0.6) is 0 Å². The quantitative estimate of drug-likeness (QED) is 0.631. The Bertz CT molecular complexity index is 666. The van der Waals surface area contributed by atoms with E-state index >= 15 is 0 Å². The van der Waals surface area contributed by atoms with Gasteiger partial charge in [0.15, 0.2) is 5.78 Å². The molecule has 2 aromatic rings. The van der Waals surface area contributed by atoms with Gasteiger partial charge in [0.25, 0.3) is 0 Å². The van der Waals surface area contributed by atoms with Gasteiger partial charge < -0.3 is 5.32 Å². The highest BCUT2D eigenvalue weighted by Crippen LogP contribution is 2.05. The molecule has 114 valence electrons. The summed E-state index contributed by atoms with van der Waals surface area (Å²) in [4.78, 5) is 12.8. The zero-order valence-electron chi connectivity index (χ0n) is 12.5. The Morgan fingerprint density at radius 2 is 1.64 bits per heavy atom. The van der Waals surface area contributed by atoms with E-state index in [1.165, 1.54) is 0 Å². The Balaban J connectivity index is 1.83. The first-order valence-electron chi connectivity index (χ1n) is 7.12. The van der Waals surface area contributed by atoms with Gasteiger partial charge in [-0.1, -0.05) is 48.5 Å². The molecule has 0 heterocycles. The van der Waals surface area contributed by atoms with E-state index in [9.17, 15) is 9.00 Å². The third-order valence-electron chi connectivity index (χ3n) is 3.10.